The highest BCUT2D eigenvalue weighted by molar-refractivity contribution is 5.28. The second kappa shape index (κ2) is 8.12. The molecular formula is C27H40O3. The third kappa shape index (κ3) is 4.57. The van der Waals surface area contributed by atoms with Gasteiger partial charge in [0.05, 0.1) is 12.2 Å². The number of fused-ring (bicyclic) bond motifs is 1. The molecular weight excluding hydrogens is 372 g/mol. The van der Waals surface area contributed by atoms with Gasteiger partial charge < -0.3 is 15.3 Å². The molecule has 0 aromatic heterocycles. The van der Waals surface area contributed by atoms with Crippen molar-refractivity contribution in [2.75, 3.05) is 0 Å². The molecule has 0 saturated heterocycles. The average Bonchev–Trinajstić information content (AvgIpc) is 3.31. The Kier molecular flexibility index (Phi) is 5.99. The molecule has 5 atom stereocenters. The van der Waals surface area contributed by atoms with Crippen LogP contribution in [-0.2, 0) is 0 Å². The Balaban J connectivity index is 1.50. The van der Waals surface area contributed by atoms with Crippen LogP contribution in [0.15, 0.2) is 23.3 Å². The highest BCUT2D eigenvalue weighted by Crippen LogP contribution is 2.69. The van der Waals surface area contributed by atoms with Gasteiger partial charge in [-0.3, -0.25) is 0 Å². The zero-order valence-corrected chi connectivity index (χ0v) is 19.1. The molecule has 0 aromatic rings. The van der Waals surface area contributed by atoms with E-state index in [2.05, 4.69) is 30.9 Å². The van der Waals surface area contributed by atoms with Crippen LogP contribution in [0.4, 0.5) is 0 Å². The minimum atomic E-state index is -0.896. The van der Waals surface area contributed by atoms with Gasteiger partial charge in [0.2, 0.25) is 0 Å². The number of hydrogen-bond donors (Lipinski definition) is 3. The van der Waals surface area contributed by atoms with Crippen LogP contribution in [0.1, 0.15) is 91.4 Å². The lowest BCUT2D eigenvalue weighted by atomic mass is 9.59. The van der Waals surface area contributed by atoms with Crippen LogP contribution in [0.5, 0.6) is 0 Å². The Bertz CT molecular complexity index is 758. The van der Waals surface area contributed by atoms with Crippen LogP contribution >= 0.6 is 0 Å². The van der Waals surface area contributed by atoms with E-state index in [1.165, 1.54) is 50.5 Å². The molecule has 0 aromatic carbocycles. The largest absolute Gasteiger partial charge is 0.393 e. The molecule has 3 N–H and O–H groups in total. The summed E-state index contributed by atoms with van der Waals surface area (Å²) in [5.41, 5.74) is 2.62. The molecule has 0 unspecified atom stereocenters. The summed E-state index contributed by atoms with van der Waals surface area (Å²) in [4.78, 5) is 0. The minimum absolute atomic E-state index is 0.362. The molecule has 0 radical (unpaired) electrons. The monoisotopic (exact) mass is 412 g/mol. The Morgan fingerprint density at radius 3 is 2.40 bits per heavy atom. The van der Waals surface area contributed by atoms with Crippen molar-refractivity contribution in [3.8, 4) is 11.8 Å². The lowest BCUT2D eigenvalue weighted by Crippen LogP contribution is -2.37. The summed E-state index contributed by atoms with van der Waals surface area (Å²) in [7, 11) is 0. The van der Waals surface area contributed by atoms with Gasteiger partial charge in [-0.2, -0.15) is 0 Å². The first-order chi connectivity index (χ1) is 14.1. The van der Waals surface area contributed by atoms with Crippen molar-refractivity contribution in [1.82, 2.24) is 0 Å². The van der Waals surface area contributed by atoms with E-state index in [1.807, 2.05) is 0 Å². The van der Waals surface area contributed by atoms with E-state index < -0.39 is 17.8 Å². The molecule has 4 rings (SSSR count). The Hall–Kier alpha value is -1.08. The van der Waals surface area contributed by atoms with E-state index in [0.717, 1.165) is 12.3 Å². The summed E-state index contributed by atoms with van der Waals surface area (Å²) >= 11 is 0. The van der Waals surface area contributed by atoms with Gasteiger partial charge in [-0.05, 0) is 101 Å². The summed E-state index contributed by atoms with van der Waals surface area (Å²) in [6.45, 7) is 6.07. The predicted molar refractivity (Wildman–Crippen MR) is 121 cm³/mol. The van der Waals surface area contributed by atoms with E-state index in [0.29, 0.717) is 36.0 Å². The molecule has 3 nitrogen and oxygen atoms in total. The Morgan fingerprint density at radius 1 is 1.07 bits per heavy atom. The summed E-state index contributed by atoms with van der Waals surface area (Å²) in [5.74, 6) is 7.77. The van der Waals surface area contributed by atoms with Crippen LogP contribution in [0.2, 0.25) is 0 Å². The molecule has 0 aliphatic heterocycles. The first-order valence-electron chi connectivity index (χ1n) is 12.1. The van der Waals surface area contributed by atoms with Gasteiger partial charge in [0.15, 0.2) is 0 Å². The molecule has 3 heteroatoms. The molecule has 0 amide bonds. The first-order valence-corrected chi connectivity index (χ1v) is 12.1. The van der Waals surface area contributed by atoms with Crippen LogP contribution in [0.25, 0.3) is 0 Å². The van der Waals surface area contributed by atoms with Crippen molar-refractivity contribution >= 4 is 0 Å². The van der Waals surface area contributed by atoms with E-state index in [-0.39, 0.29) is 0 Å². The normalized spacial score (nSPS) is 39.3. The average molecular weight is 413 g/mol. The highest BCUT2D eigenvalue weighted by atomic mass is 16.3. The Labute approximate surface area is 182 Å². The second-order valence-corrected chi connectivity index (χ2v) is 11.5. The van der Waals surface area contributed by atoms with E-state index in [9.17, 15) is 15.3 Å². The van der Waals surface area contributed by atoms with E-state index in [4.69, 9.17) is 0 Å². The molecule has 4 fully saturated rings. The van der Waals surface area contributed by atoms with Crippen LogP contribution < -0.4 is 0 Å². The van der Waals surface area contributed by atoms with Gasteiger partial charge in [-0.15, -0.1) is 0 Å². The summed E-state index contributed by atoms with van der Waals surface area (Å²) in [5, 5.41) is 29.9. The summed E-state index contributed by atoms with van der Waals surface area (Å²) in [6, 6.07) is 0. The van der Waals surface area contributed by atoms with Crippen LogP contribution in [-0.4, -0.2) is 33.1 Å². The SMILES string of the molecule is CC(C)(O)C#CCC1([C@H]2CC[C@H]3/C(=C/C=C4C[C@@H](O)C[C@H](O)C4)CCC[C@]23C)CC1. The van der Waals surface area contributed by atoms with E-state index in [1.54, 1.807) is 19.4 Å². The molecule has 4 aliphatic rings. The van der Waals surface area contributed by atoms with Crippen LogP contribution in [0.3, 0.4) is 0 Å². The number of aliphatic hydroxyl groups is 3. The molecule has 4 saturated carbocycles. The minimum Gasteiger partial charge on any atom is -0.393 e. The second-order valence-electron chi connectivity index (χ2n) is 11.5. The maximum absolute atomic E-state index is 9.98. The number of hydrogen-bond acceptors (Lipinski definition) is 3. The summed E-state index contributed by atoms with van der Waals surface area (Å²) in [6.07, 6.45) is 15.5. The fourth-order valence-corrected chi connectivity index (χ4v) is 7.02. The van der Waals surface area contributed by atoms with Crippen molar-refractivity contribution in [1.29, 1.82) is 0 Å². The maximum atomic E-state index is 9.98. The molecule has 30 heavy (non-hydrogen) atoms. The first kappa shape index (κ1) is 22.1. The molecule has 4 aliphatic carbocycles. The zero-order chi connectivity index (χ0) is 21.6. The maximum Gasteiger partial charge on any atom is 0.119 e. The zero-order valence-electron chi connectivity index (χ0n) is 19.1. The van der Waals surface area contributed by atoms with Gasteiger partial charge in [0, 0.05) is 6.42 Å². The van der Waals surface area contributed by atoms with Crippen LogP contribution in [0, 0.1) is 34.5 Å². The van der Waals surface area contributed by atoms with Crippen molar-refractivity contribution in [2.45, 2.75) is 109 Å². The fraction of sp³-hybridized carbons (Fsp3) is 0.778. The molecule has 166 valence electrons. The predicted octanol–water partition coefficient (Wildman–Crippen LogP) is 4.91. The van der Waals surface area contributed by atoms with Crippen molar-refractivity contribution in [3.63, 3.8) is 0 Å². The topological polar surface area (TPSA) is 60.7 Å². The standard InChI is InChI=1S/C27H40O3/c1-25(2,30)11-5-13-27(14-15-27)24-10-9-23-20(6-4-12-26(23,24)3)8-7-19-16-21(28)18-22(29)17-19/h7-8,21-24,28-30H,4,6,9-10,12-18H2,1-3H3/b20-8+/t21-,22-,23+,24+,26+/m1/s1. The van der Waals surface area contributed by atoms with Gasteiger partial charge >= 0.3 is 0 Å². The quantitative estimate of drug-likeness (QED) is 0.578. The lowest BCUT2D eigenvalue weighted by molar-refractivity contribution is 0.0609. The highest BCUT2D eigenvalue weighted by Gasteiger charge is 2.60. The van der Waals surface area contributed by atoms with Crippen molar-refractivity contribution in [2.24, 2.45) is 22.7 Å². The third-order valence-electron chi connectivity index (χ3n) is 8.50. The van der Waals surface area contributed by atoms with Gasteiger partial charge in [0.1, 0.15) is 5.60 Å². The number of allylic oxidation sites excluding steroid dienone is 3. The fourth-order valence-electron chi connectivity index (χ4n) is 7.02. The smallest absolute Gasteiger partial charge is 0.119 e. The molecule has 0 heterocycles. The summed E-state index contributed by atoms with van der Waals surface area (Å²) < 4.78 is 0. The Morgan fingerprint density at radius 2 is 1.77 bits per heavy atom. The number of rotatable bonds is 3. The lowest BCUT2D eigenvalue weighted by Gasteiger charge is -2.45. The van der Waals surface area contributed by atoms with Gasteiger partial charge in [-0.25, -0.2) is 0 Å². The molecule has 0 bridgehead atoms. The number of aliphatic hydroxyl groups excluding tert-OH is 2. The molecule has 0 spiro atoms. The van der Waals surface area contributed by atoms with Gasteiger partial charge in [0.25, 0.3) is 0 Å². The van der Waals surface area contributed by atoms with E-state index >= 15 is 0 Å². The van der Waals surface area contributed by atoms with Crippen molar-refractivity contribution in [3.05, 3.63) is 23.3 Å². The third-order valence-corrected chi connectivity index (χ3v) is 8.50. The van der Waals surface area contributed by atoms with Crippen molar-refractivity contribution < 1.29 is 15.3 Å². The van der Waals surface area contributed by atoms with Gasteiger partial charge in [-0.1, -0.05) is 42.1 Å².